The van der Waals surface area contributed by atoms with Crippen LogP contribution in [0.1, 0.15) is 32.7 Å². The number of rotatable bonds is 7. The summed E-state index contributed by atoms with van der Waals surface area (Å²) in [5.74, 6) is -0.0695. The summed E-state index contributed by atoms with van der Waals surface area (Å²) in [5.41, 5.74) is 6.25. The minimum absolute atomic E-state index is 0.0112. The number of halogens is 1. The fraction of sp³-hybridized carbons (Fsp3) is 0.160. The molecule has 7 heteroatoms. The van der Waals surface area contributed by atoms with Crippen LogP contribution in [0.25, 0.3) is 5.69 Å². The Morgan fingerprint density at radius 3 is 2.56 bits per heavy atom. The molecule has 0 amide bonds. The normalized spacial score (nSPS) is 10.9. The number of aryl methyl sites for hydroxylation is 2. The standard InChI is InChI=1S/C25H23ClN4O2/c1-16-3-10-24(23(26)13-16)27-19-7-5-18(6-8-19)25(32)22-14-21(9-4-17(22)2)30-15-20(11-12-31)28-29-30/h3-10,13-15,27,31H,11-12H2,1-2H3. The smallest absolute Gasteiger partial charge is 0.193 e. The largest absolute Gasteiger partial charge is 0.396 e. The molecule has 1 heterocycles. The first-order chi connectivity index (χ1) is 15.4. The van der Waals surface area contributed by atoms with Gasteiger partial charge >= 0.3 is 0 Å². The Morgan fingerprint density at radius 1 is 1.06 bits per heavy atom. The molecule has 4 aromatic rings. The zero-order valence-corrected chi connectivity index (χ0v) is 18.6. The third-order valence-corrected chi connectivity index (χ3v) is 5.50. The molecule has 2 N–H and O–H groups in total. The predicted molar refractivity (Wildman–Crippen MR) is 126 cm³/mol. The van der Waals surface area contributed by atoms with E-state index >= 15 is 0 Å². The number of carbonyl (C=O) groups is 1. The molecule has 0 aliphatic rings. The first-order valence-corrected chi connectivity index (χ1v) is 10.6. The third-order valence-electron chi connectivity index (χ3n) is 5.19. The van der Waals surface area contributed by atoms with Crippen LogP contribution in [-0.4, -0.2) is 32.5 Å². The second-order valence-corrected chi connectivity index (χ2v) is 8.05. The van der Waals surface area contributed by atoms with Crippen LogP contribution in [0.4, 0.5) is 11.4 Å². The van der Waals surface area contributed by atoms with Crippen LogP contribution in [-0.2, 0) is 6.42 Å². The van der Waals surface area contributed by atoms with E-state index in [-0.39, 0.29) is 12.4 Å². The molecular formula is C25H23ClN4O2. The highest BCUT2D eigenvalue weighted by molar-refractivity contribution is 6.33. The molecular weight excluding hydrogens is 424 g/mol. The predicted octanol–water partition coefficient (Wildman–Crippen LogP) is 5.05. The highest BCUT2D eigenvalue weighted by atomic mass is 35.5. The molecule has 0 bridgehead atoms. The highest BCUT2D eigenvalue weighted by Gasteiger charge is 2.14. The summed E-state index contributed by atoms with van der Waals surface area (Å²) in [5, 5.41) is 21.1. The number of carbonyl (C=O) groups excluding carboxylic acids is 1. The summed E-state index contributed by atoms with van der Waals surface area (Å²) in [4.78, 5) is 13.2. The quantitative estimate of drug-likeness (QED) is 0.388. The Balaban J connectivity index is 1.56. The molecule has 162 valence electrons. The van der Waals surface area contributed by atoms with Crippen LogP contribution in [0.5, 0.6) is 0 Å². The molecule has 0 saturated carbocycles. The second-order valence-electron chi connectivity index (χ2n) is 7.64. The van der Waals surface area contributed by atoms with Gasteiger partial charge in [0.25, 0.3) is 0 Å². The molecule has 3 aromatic carbocycles. The molecule has 4 rings (SSSR count). The summed E-state index contributed by atoms with van der Waals surface area (Å²) < 4.78 is 1.61. The van der Waals surface area contributed by atoms with Crippen LogP contribution in [0.2, 0.25) is 5.02 Å². The van der Waals surface area contributed by atoms with Crippen molar-refractivity contribution in [1.82, 2.24) is 15.0 Å². The SMILES string of the molecule is Cc1ccc(Nc2ccc(C(=O)c3cc(-n4cc(CCO)nn4)ccc3C)cc2)c(Cl)c1. The Kier molecular flexibility index (Phi) is 6.35. The highest BCUT2D eigenvalue weighted by Crippen LogP contribution is 2.27. The monoisotopic (exact) mass is 446 g/mol. The van der Waals surface area contributed by atoms with Gasteiger partial charge in [0.2, 0.25) is 0 Å². The van der Waals surface area contributed by atoms with Crippen molar-refractivity contribution in [2.75, 3.05) is 11.9 Å². The maximum Gasteiger partial charge on any atom is 0.193 e. The van der Waals surface area contributed by atoms with Crippen LogP contribution < -0.4 is 5.32 Å². The van der Waals surface area contributed by atoms with E-state index in [9.17, 15) is 4.79 Å². The van der Waals surface area contributed by atoms with Gasteiger partial charge in [0.1, 0.15) is 0 Å². The minimum atomic E-state index is -0.0695. The molecule has 32 heavy (non-hydrogen) atoms. The lowest BCUT2D eigenvalue weighted by molar-refractivity contribution is 0.103. The second kappa shape index (κ2) is 9.34. The molecule has 0 aliphatic carbocycles. The number of benzene rings is 3. The number of nitrogens with one attached hydrogen (secondary N) is 1. The summed E-state index contributed by atoms with van der Waals surface area (Å²) >= 11 is 6.30. The van der Waals surface area contributed by atoms with E-state index in [1.165, 1.54) is 0 Å². The number of hydrogen-bond donors (Lipinski definition) is 2. The molecule has 0 aliphatic heterocycles. The molecule has 0 spiro atoms. The number of anilines is 2. The number of aliphatic hydroxyl groups excluding tert-OH is 1. The van der Waals surface area contributed by atoms with Crippen LogP contribution in [0.3, 0.4) is 0 Å². The number of ketones is 1. The van der Waals surface area contributed by atoms with Crippen molar-refractivity contribution in [1.29, 1.82) is 0 Å². The van der Waals surface area contributed by atoms with Crippen molar-refractivity contribution >= 4 is 28.8 Å². The van der Waals surface area contributed by atoms with Crippen molar-refractivity contribution in [3.8, 4) is 5.69 Å². The zero-order valence-electron chi connectivity index (χ0n) is 17.8. The van der Waals surface area contributed by atoms with Crippen LogP contribution >= 0.6 is 11.6 Å². The van der Waals surface area contributed by atoms with Crippen molar-refractivity contribution in [2.45, 2.75) is 20.3 Å². The van der Waals surface area contributed by atoms with Gasteiger partial charge in [0.05, 0.1) is 28.3 Å². The van der Waals surface area contributed by atoms with Gasteiger partial charge in [-0.1, -0.05) is 28.9 Å². The lowest BCUT2D eigenvalue weighted by atomic mass is 9.98. The first-order valence-electron chi connectivity index (χ1n) is 10.3. The van der Waals surface area contributed by atoms with Gasteiger partial charge < -0.3 is 10.4 Å². The molecule has 6 nitrogen and oxygen atoms in total. The maximum atomic E-state index is 13.2. The van der Waals surface area contributed by atoms with Gasteiger partial charge in [-0.2, -0.15) is 0 Å². The summed E-state index contributed by atoms with van der Waals surface area (Å²) in [6.45, 7) is 3.91. The molecule has 0 atom stereocenters. The summed E-state index contributed by atoms with van der Waals surface area (Å²) in [6, 6.07) is 18.7. The number of nitrogens with zero attached hydrogens (tertiary/aromatic N) is 3. The van der Waals surface area contributed by atoms with Gasteiger partial charge in [-0.05, 0) is 73.5 Å². The van der Waals surface area contributed by atoms with Crippen molar-refractivity contribution in [3.63, 3.8) is 0 Å². The van der Waals surface area contributed by atoms with Crippen molar-refractivity contribution in [2.24, 2.45) is 0 Å². The van der Waals surface area contributed by atoms with Crippen molar-refractivity contribution in [3.05, 3.63) is 99.8 Å². The summed E-state index contributed by atoms with van der Waals surface area (Å²) in [7, 11) is 0. The first kappa shape index (κ1) is 21.7. The third kappa shape index (κ3) is 4.72. The molecule has 0 saturated heterocycles. The van der Waals surface area contributed by atoms with E-state index in [1.807, 2.05) is 62.4 Å². The average Bonchev–Trinajstić information content (AvgIpc) is 3.25. The lowest BCUT2D eigenvalue weighted by Crippen LogP contribution is -2.06. The van der Waals surface area contributed by atoms with E-state index < -0.39 is 0 Å². The fourth-order valence-electron chi connectivity index (χ4n) is 3.39. The van der Waals surface area contributed by atoms with E-state index in [4.69, 9.17) is 16.7 Å². The van der Waals surface area contributed by atoms with E-state index in [1.54, 1.807) is 23.0 Å². The van der Waals surface area contributed by atoms with Gasteiger partial charge in [0, 0.05) is 29.8 Å². The van der Waals surface area contributed by atoms with Gasteiger partial charge in [0.15, 0.2) is 5.78 Å². The van der Waals surface area contributed by atoms with Crippen LogP contribution in [0.15, 0.2) is 66.9 Å². The number of aromatic nitrogens is 3. The zero-order chi connectivity index (χ0) is 22.7. The molecule has 1 aromatic heterocycles. The number of hydrogen-bond acceptors (Lipinski definition) is 5. The Hall–Kier alpha value is -3.48. The lowest BCUT2D eigenvalue weighted by Gasteiger charge is -2.11. The van der Waals surface area contributed by atoms with Crippen LogP contribution in [0, 0.1) is 13.8 Å². The maximum absolute atomic E-state index is 13.2. The number of aliphatic hydroxyl groups is 1. The molecule has 0 fully saturated rings. The molecule has 0 radical (unpaired) electrons. The van der Waals surface area contributed by atoms with Gasteiger partial charge in [-0.3, -0.25) is 4.79 Å². The Bertz CT molecular complexity index is 1270. The Morgan fingerprint density at radius 2 is 1.84 bits per heavy atom. The topological polar surface area (TPSA) is 80.0 Å². The Labute approximate surface area is 191 Å². The average molecular weight is 447 g/mol. The van der Waals surface area contributed by atoms with E-state index in [2.05, 4.69) is 15.6 Å². The van der Waals surface area contributed by atoms with Crippen molar-refractivity contribution < 1.29 is 9.90 Å². The van der Waals surface area contributed by atoms with E-state index in [0.717, 1.165) is 28.2 Å². The molecule has 0 unspecified atom stereocenters. The summed E-state index contributed by atoms with van der Waals surface area (Å²) in [6.07, 6.45) is 2.19. The minimum Gasteiger partial charge on any atom is -0.396 e. The van der Waals surface area contributed by atoms with E-state index in [0.29, 0.717) is 28.3 Å². The van der Waals surface area contributed by atoms with Gasteiger partial charge in [-0.25, -0.2) is 4.68 Å². The van der Waals surface area contributed by atoms with Gasteiger partial charge in [-0.15, -0.1) is 5.10 Å². The fourth-order valence-corrected chi connectivity index (χ4v) is 3.67.